The molecule has 0 atom stereocenters. The van der Waals surface area contributed by atoms with E-state index in [0.717, 1.165) is 10.6 Å². The molecule has 0 aliphatic rings. The van der Waals surface area contributed by atoms with Crippen LogP contribution in [-0.4, -0.2) is 13.2 Å². The molecule has 3 nitrogen and oxygen atoms in total. The molecule has 0 heterocycles. The fourth-order valence-electron chi connectivity index (χ4n) is 0.799. The lowest BCUT2D eigenvalue weighted by molar-refractivity contribution is 0.187. The molecule has 0 saturated carbocycles. The number of methoxy groups -OCH3 is 1. The molecule has 1 amide bonds. The van der Waals surface area contributed by atoms with Crippen molar-refractivity contribution in [2.45, 2.75) is 4.90 Å². The normalized spacial score (nSPS) is 9.57. The molecule has 0 saturated heterocycles. The van der Waals surface area contributed by atoms with Crippen molar-refractivity contribution >= 4 is 51.7 Å². The van der Waals surface area contributed by atoms with Crippen molar-refractivity contribution in [2.75, 3.05) is 12.4 Å². The van der Waals surface area contributed by atoms with Gasteiger partial charge < -0.3 is 4.74 Å². The zero-order chi connectivity index (χ0) is 10.4. The predicted octanol–water partition coefficient (Wildman–Crippen LogP) is 3.96. The highest BCUT2D eigenvalue weighted by Gasteiger charge is 2.00. The van der Waals surface area contributed by atoms with Crippen LogP contribution in [-0.2, 0) is 4.74 Å². The molecule has 0 unspecified atom stereocenters. The lowest BCUT2D eigenvalue weighted by Crippen LogP contribution is -2.10. The van der Waals surface area contributed by atoms with Crippen molar-refractivity contribution in [3.8, 4) is 0 Å². The summed E-state index contributed by atoms with van der Waals surface area (Å²) in [6.07, 6.45) is -0.450. The van der Waals surface area contributed by atoms with E-state index in [4.69, 9.17) is 0 Å². The molecule has 76 valence electrons. The van der Waals surface area contributed by atoms with Gasteiger partial charge in [0.1, 0.15) is 0 Å². The van der Waals surface area contributed by atoms with Crippen LogP contribution in [0.4, 0.5) is 10.5 Å². The highest BCUT2D eigenvalue weighted by molar-refractivity contribution is 14.2. The number of carbonyl (C=O) groups is 1. The molecule has 1 aromatic rings. The van der Waals surface area contributed by atoms with Gasteiger partial charge in [-0.05, 0) is 43.0 Å². The fourth-order valence-corrected chi connectivity index (χ4v) is 3.54. The Balaban J connectivity index is 2.59. The van der Waals surface area contributed by atoms with Crippen molar-refractivity contribution in [2.24, 2.45) is 0 Å². The van der Waals surface area contributed by atoms with Gasteiger partial charge in [0, 0.05) is 31.8 Å². The van der Waals surface area contributed by atoms with E-state index in [1.54, 1.807) is 18.8 Å². The number of hydrogen-bond donors (Lipinski definition) is 1. The third-order valence-electron chi connectivity index (χ3n) is 1.41. The molecular weight excluding hydrogens is 333 g/mol. The molecule has 1 N–H and O–H groups in total. The van der Waals surface area contributed by atoms with Crippen LogP contribution < -0.4 is 5.32 Å². The lowest BCUT2D eigenvalue weighted by atomic mass is 10.3. The van der Waals surface area contributed by atoms with Crippen LogP contribution in [0.15, 0.2) is 29.2 Å². The molecule has 6 heteroatoms. The number of ether oxygens (including phenoxy) is 1. The predicted molar refractivity (Wildman–Crippen MR) is 69.9 cm³/mol. The van der Waals surface area contributed by atoms with Crippen molar-refractivity contribution in [3.05, 3.63) is 24.3 Å². The first-order valence-electron chi connectivity index (χ1n) is 3.66. The second kappa shape index (κ2) is 6.41. The highest BCUT2D eigenvalue weighted by Crippen LogP contribution is 2.36. The van der Waals surface area contributed by atoms with E-state index in [9.17, 15) is 4.79 Å². The largest absolute Gasteiger partial charge is 0.453 e. The summed E-state index contributed by atoms with van der Waals surface area (Å²) in [5, 5.41) is 2.58. The number of rotatable bonds is 3. The van der Waals surface area contributed by atoms with E-state index in [1.165, 1.54) is 7.11 Å². The Labute approximate surface area is 102 Å². The van der Waals surface area contributed by atoms with Gasteiger partial charge in [0.05, 0.1) is 7.11 Å². The third kappa shape index (κ3) is 3.97. The summed E-state index contributed by atoms with van der Waals surface area (Å²) >= 11 is 2.22. The number of benzene rings is 1. The van der Waals surface area contributed by atoms with Crippen molar-refractivity contribution in [3.63, 3.8) is 0 Å². The molecule has 1 rings (SSSR count). The van der Waals surface area contributed by atoms with Crippen molar-refractivity contribution in [1.29, 1.82) is 0 Å². The maximum absolute atomic E-state index is 10.8. The number of carbonyl (C=O) groups excluding carboxylic acids is 1. The standard InChI is InChI=1S/C8H8INO2S2/c1-12-8(11)10-6-2-4-7(5-3-6)13-14-9/h2-5H,1H3,(H,10,11). The second-order valence-corrected chi connectivity index (χ2v) is 7.17. The number of amides is 1. The smallest absolute Gasteiger partial charge is 0.411 e. The number of anilines is 1. The zero-order valence-electron chi connectivity index (χ0n) is 7.32. The van der Waals surface area contributed by atoms with E-state index in [2.05, 4.69) is 31.3 Å². The minimum Gasteiger partial charge on any atom is -0.453 e. The lowest BCUT2D eigenvalue weighted by Gasteiger charge is -2.03. The first kappa shape index (κ1) is 12.0. The van der Waals surface area contributed by atoms with Crippen LogP contribution in [0.3, 0.4) is 0 Å². The van der Waals surface area contributed by atoms with Gasteiger partial charge in [0.25, 0.3) is 0 Å². The van der Waals surface area contributed by atoms with E-state index in [-0.39, 0.29) is 0 Å². The van der Waals surface area contributed by atoms with Crippen LogP contribution in [0.1, 0.15) is 0 Å². The third-order valence-corrected chi connectivity index (χ3v) is 4.33. The second-order valence-electron chi connectivity index (χ2n) is 2.29. The Morgan fingerprint density at radius 2 is 2.07 bits per heavy atom. The number of nitrogens with one attached hydrogen (secondary N) is 1. The molecule has 14 heavy (non-hydrogen) atoms. The topological polar surface area (TPSA) is 38.3 Å². The Kier molecular flexibility index (Phi) is 5.49. The van der Waals surface area contributed by atoms with Gasteiger partial charge in [-0.1, -0.05) is 0 Å². The molecule has 1 aromatic carbocycles. The van der Waals surface area contributed by atoms with Gasteiger partial charge in [-0.25, -0.2) is 4.79 Å². The van der Waals surface area contributed by atoms with E-state index < -0.39 is 6.09 Å². The minimum atomic E-state index is -0.450. The van der Waals surface area contributed by atoms with E-state index >= 15 is 0 Å². The first-order chi connectivity index (χ1) is 6.76. The molecule has 0 spiro atoms. The van der Waals surface area contributed by atoms with Crippen molar-refractivity contribution in [1.82, 2.24) is 0 Å². The highest BCUT2D eigenvalue weighted by atomic mass is 127. The molecule has 0 bridgehead atoms. The van der Waals surface area contributed by atoms with Crippen LogP contribution in [0.25, 0.3) is 0 Å². The molecule has 0 aromatic heterocycles. The van der Waals surface area contributed by atoms with E-state index in [0.29, 0.717) is 0 Å². The summed E-state index contributed by atoms with van der Waals surface area (Å²) in [6, 6.07) is 7.57. The minimum absolute atomic E-state index is 0.450. The maximum atomic E-state index is 10.8. The molecule has 0 aliphatic carbocycles. The quantitative estimate of drug-likeness (QED) is 0.667. The average Bonchev–Trinajstić information content (AvgIpc) is 2.21. The van der Waals surface area contributed by atoms with Gasteiger partial charge in [0.2, 0.25) is 0 Å². The first-order valence-corrected chi connectivity index (χ1v) is 8.36. The van der Waals surface area contributed by atoms with Crippen molar-refractivity contribution < 1.29 is 9.53 Å². The van der Waals surface area contributed by atoms with Gasteiger partial charge in [0.15, 0.2) is 0 Å². The van der Waals surface area contributed by atoms with Gasteiger partial charge in [-0.2, -0.15) is 0 Å². The van der Waals surface area contributed by atoms with Gasteiger partial charge in [-0.15, -0.1) is 0 Å². The molecule has 0 fully saturated rings. The summed E-state index contributed by atoms with van der Waals surface area (Å²) in [4.78, 5) is 12.0. The zero-order valence-corrected chi connectivity index (χ0v) is 11.1. The van der Waals surface area contributed by atoms with Crippen LogP contribution >= 0.6 is 40.0 Å². The van der Waals surface area contributed by atoms with Crippen LogP contribution in [0.5, 0.6) is 0 Å². The summed E-state index contributed by atoms with van der Waals surface area (Å²) < 4.78 is 4.47. The molecule has 0 radical (unpaired) electrons. The summed E-state index contributed by atoms with van der Waals surface area (Å²) in [5.74, 6) is 0. The average molecular weight is 341 g/mol. The molecular formula is C8H8INO2S2. The summed E-state index contributed by atoms with van der Waals surface area (Å²) in [5.41, 5.74) is 0.736. The van der Waals surface area contributed by atoms with Gasteiger partial charge in [-0.3, -0.25) is 5.32 Å². The molecule has 0 aliphatic heterocycles. The summed E-state index contributed by atoms with van der Waals surface area (Å²) in [7, 11) is 4.66. The fraction of sp³-hybridized carbons (Fsp3) is 0.125. The number of hydrogen-bond acceptors (Lipinski definition) is 4. The SMILES string of the molecule is COC(=O)Nc1ccc(SSI)cc1. The Morgan fingerprint density at radius 1 is 1.43 bits per heavy atom. The maximum Gasteiger partial charge on any atom is 0.411 e. The number of halogens is 1. The van der Waals surface area contributed by atoms with Crippen LogP contribution in [0, 0.1) is 0 Å². The van der Waals surface area contributed by atoms with Crippen LogP contribution in [0.2, 0.25) is 0 Å². The Bertz CT molecular complexity index is 305. The summed E-state index contributed by atoms with van der Waals surface area (Å²) in [6.45, 7) is 0. The Hall–Kier alpha value is -0.0800. The Morgan fingerprint density at radius 3 is 2.57 bits per heavy atom. The van der Waals surface area contributed by atoms with Gasteiger partial charge >= 0.3 is 6.09 Å². The monoisotopic (exact) mass is 341 g/mol. The van der Waals surface area contributed by atoms with E-state index in [1.807, 2.05) is 24.3 Å².